The number of carbonyl (C=O) groups excluding carboxylic acids is 1. The molecule has 0 aromatic heterocycles. The van der Waals surface area contributed by atoms with Crippen molar-refractivity contribution in [2.45, 2.75) is 31.8 Å². The average Bonchev–Trinajstić information content (AvgIpc) is 2.44. The fourth-order valence-electron chi connectivity index (χ4n) is 2.38. The van der Waals surface area contributed by atoms with Gasteiger partial charge in [-0.2, -0.15) is 0 Å². The number of esters is 1. The fourth-order valence-corrected chi connectivity index (χ4v) is 2.38. The Bertz CT molecular complexity index is 210. The largest absolute Gasteiger partial charge is 0.458 e. The minimum absolute atomic E-state index is 0.00259. The molecule has 0 aromatic carbocycles. The van der Waals surface area contributed by atoms with E-state index in [9.17, 15) is 4.79 Å². The predicted molar refractivity (Wildman–Crippen MR) is 45.5 cm³/mol. The first-order valence-electron chi connectivity index (χ1n) is 4.66. The van der Waals surface area contributed by atoms with E-state index in [2.05, 4.69) is 6.58 Å². The summed E-state index contributed by atoms with van der Waals surface area (Å²) in [5.41, 5.74) is 0. The molecule has 2 heteroatoms. The minimum Gasteiger partial charge on any atom is -0.458 e. The average molecular weight is 166 g/mol. The molecule has 0 amide bonds. The van der Waals surface area contributed by atoms with Gasteiger partial charge in [0.25, 0.3) is 0 Å². The van der Waals surface area contributed by atoms with E-state index in [0.29, 0.717) is 5.92 Å². The zero-order valence-electron chi connectivity index (χ0n) is 7.16. The first kappa shape index (κ1) is 7.84. The zero-order valence-corrected chi connectivity index (χ0v) is 7.16. The van der Waals surface area contributed by atoms with E-state index < -0.39 is 0 Å². The van der Waals surface area contributed by atoms with Crippen molar-refractivity contribution >= 4 is 5.97 Å². The van der Waals surface area contributed by atoms with E-state index in [4.69, 9.17) is 4.74 Å². The second kappa shape index (κ2) is 2.92. The second-order valence-electron chi connectivity index (χ2n) is 3.69. The van der Waals surface area contributed by atoms with Gasteiger partial charge in [0.2, 0.25) is 0 Å². The number of ether oxygens (including phenoxy) is 1. The molecule has 1 saturated carbocycles. The van der Waals surface area contributed by atoms with Crippen LogP contribution in [0.25, 0.3) is 0 Å². The lowest BCUT2D eigenvalue weighted by molar-refractivity contribution is -0.143. The standard InChI is InChI=1S/C10H14O2/c1-2-9-7-5-3-4-6-8(7)10(11)12-9/h2,7-9H,1,3-6H2/t7-,8+,9+/m0/s1. The quantitative estimate of drug-likeness (QED) is 0.439. The topological polar surface area (TPSA) is 26.3 Å². The van der Waals surface area contributed by atoms with Gasteiger partial charge in [-0.25, -0.2) is 0 Å². The molecule has 66 valence electrons. The summed E-state index contributed by atoms with van der Waals surface area (Å²) in [7, 11) is 0. The molecule has 2 rings (SSSR count). The lowest BCUT2D eigenvalue weighted by atomic mass is 9.78. The summed E-state index contributed by atoms with van der Waals surface area (Å²) in [6.07, 6.45) is 6.35. The smallest absolute Gasteiger partial charge is 0.309 e. The van der Waals surface area contributed by atoms with E-state index >= 15 is 0 Å². The van der Waals surface area contributed by atoms with Gasteiger partial charge in [0.15, 0.2) is 0 Å². The maximum atomic E-state index is 11.3. The van der Waals surface area contributed by atoms with Crippen LogP contribution in [0.3, 0.4) is 0 Å². The third-order valence-corrected chi connectivity index (χ3v) is 3.03. The van der Waals surface area contributed by atoms with Gasteiger partial charge < -0.3 is 4.74 Å². The Morgan fingerprint density at radius 3 is 2.92 bits per heavy atom. The highest BCUT2D eigenvalue weighted by molar-refractivity contribution is 5.75. The Labute approximate surface area is 72.6 Å². The van der Waals surface area contributed by atoms with Crippen LogP contribution >= 0.6 is 0 Å². The summed E-state index contributed by atoms with van der Waals surface area (Å²) < 4.78 is 5.20. The van der Waals surface area contributed by atoms with Crippen molar-refractivity contribution in [3.05, 3.63) is 12.7 Å². The summed E-state index contributed by atoms with van der Waals surface area (Å²) in [5, 5.41) is 0. The summed E-state index contributed by atoms with van der Waals surface area (Å²) in [6, 6.07) is 0. The molecule has 2 nitrogen and oxygen atoms in total. The van der Waals surface area contributed by atoms with E-state index in [1.54, 1.807) is 6.08 Å². The van der Waals surface area contributed by atoms with Crippen LogP contribution in [-0.2, 0) is 9.53 Å². The van der Waals surface area contributed by atoms with Gasteiger partial charge in [-0.05, 0) is 12.8 Å². The molecule has 1 heterocycles. The van der Waals surface area contributed by atoms with Gasteiger partial charge in [0, 0.05) is 5.92 Å². The number of hydrogen-bond acceptors (Lipinski definition) is 2. The molecular weight excluding hydrogens is 152 g/mol. The van der Waals surface area contributed by atoms with Crippen molar-refractivity contribution in [3.63, 3.8) is 0 Å². The Kier molecular flexibility index (Phi) is 1.91. The number of cyclic esters (lactones) is 1. The molecule has 1 saturated heterocycles. The SMILES string of the molecule is C=C[C@H]1OC(=O)[C@@H]2CCCC[C@H]12. The molecule has 1 aliphatic carbocycles. The number of fused-ring (bicyclic) bond motifs is 1. The van der Waals surface area contributed by atoms with Crippen molar-refractivity contribution < 1.29 is 9.53 Å². The van der Waals surface area contributed by atoms with Gasteiger partial charge >= 0.3 is 5.97 Å². The van der Waals surface area contributed by atoms with Crippen LogP contribution in [0.1, 0.15) is 25.7 Å². The Morgan fingerprint density at radius 1 is 1.42 bits per heavy atom. The molecule has 2 fully saturated rings. The predicted octanol–water partition coefficient (Wildman–Crippen LogP) is 1.90. The summed E-state index contributed by atoms with van der Waals surface area (Å²) in [5.74, 6) is 0.620. The van der Waals surface area contributed by atoms with Crippen LogP contribution in [0.5, 0.6) is 0 Å². The fraction of sp³-hybridized carbons (Fsp3) is 0.700. The van der Waals surface area contributed by atoms with Gasteiger partial charge in [-0.1, -0.05) is 25.5 Å². The maximum absolute atomic E-state index is 11.3. The van der Waals surface area contributed by atoms with Gasteiger partial charge in [0.05, 0.1) is 5.92 Å². The summed E-state index contributed by atoms with van der Waals surface area (Å²) in [4.78, 5) is 11.3. The molecule has 0 radical (unpaired) electrons. The van der Waals surface area contributed by atoms with E-state index in [1.807, 2.05) is 0 Å². The number of hydrogen-bond donors (Lipinski definition) is 0. The van der Waals surface area contributed by atoms with Crippen LogP contribution in [0, 0.1) is 11.8 Å². The molecule has 1 aliphatic heterocycles. The van der Waals surface area contributed by atoms with Crippen LogP contribution in [0.4, 0.5) is 0 Å². The van der Waals surface area contributed by atoms with E-state index in [-0.39, 0.29) is 18.0 Å². The van der Waals surface area contributed by atoms with Crippen LogP contribution in [0.2, 0.25) is 0 Å². The van der Waals surface area contributed by atoms with Crippen LogP contribution in [0.15, 0.2) is 12.7 Å². The normalized spacial score (nSPS) is 40.3. The second-order valence-corrected chi connectivity index (χ2v) is 3.69. The highest BCUT2D eigenvalue weighted by Gasteiger charge is 2.43. The van der Waals surface area contributed by atoms with Crippen molar-refractivity contribution in [1.29, 1.82) is 0 Å². The van der Waals surface area contributed by atoms with E-state index in [0.717, 1.165) is 12.8 Å². The lowest BCUT2D eigenvalue weighted by Gasteiger charge is -2.22. The Hall–Kier alpha value is -0.790. The van der Waals surface area contributed by atoms with Gasteiger partial charge in [-0.15, -0.1) is 0 Å². The summed E-state index contributed by atoms with van der Waals surface area (Å²) >= 11 is 0. The van der Waals surface area contributed by atoms with E-state index in [1.165, 1.54) is 12.8 Å². The molecule has 0 unspecified atom stereocenters. The molecule has 0 spiro atoms. The molecule has 0 aromatic rings. The number of carbonyl (C=O) groups is 1. The molecule has 0 N–H and O–H groups in total. The highest BCUT2D eigenvalue weighted by Crippen LogP contribution is 2.39. The summed E-state index contributed by atoms with van der Waals surface area (Å²) in [6.45, 7) is 3.69. The monoisotopic (exact) mass is 166 g/mol. The van der Waals surface area contributed by atoms with Gasteiger partial charge in [-0.3, -0.25) is 4.79 Å². The van der Waals surface area contributed by atoms with Crippen molar-refractivity contribution in [2.75, 3.05) is 0 Å². The lowest BCUT2D eigenvalue weighted by Crippen LogP contribution is -2.23. The molecule has 0 bridgehead atoms. The van der Waals surface area contributed by atoms with Gasteiger partial charge in [0.1, 0.15) is 6.10 Å². The minimum atomic E-state index is 0.00259. The van der Waals surface area contributed by atoms with Crippen LogP contribution in [-0.4, -0.2) is 12.1 Å². The van der Waals surface area contributed by atoms with Crippen molar-refractivity contribution in [1.82, 2.24) is 0 Å². The first-order valence-corrected chi connectivity index (χ1v) is 4.66. The van der Waals surface area contributed by atoms with Crippen LogP contribution < -0.4 is 0 Å². The molecule has 3 atom stereocenters. The first-order chi connectivity index (χ1) is 5.83. The maximum Gasteiger partial charge on any atom is 0.309 e. The molecular formula is C10H14O2. The third kappa shape index (κ3) is 1.06. The Balaban J connectivity index is 2.15. The molecule has 12 heavy (non-hydrogen) atoms. The van der Waals surface area contributed by atoms with Crippen molar-refractivity contribution in [3.8, 4) is 0 Å². The highest BCUT2D eigenvalue weighted by atomic mass is 16.6. The Morgan fingerprint density at radius 2 is 2.17 bits per heavy atom. The third-order valence-electron chi connectivity index (χ3n) is 3.03. The zero-order chi connectivity index (χ0) is 8.55. The molecule has 2 aliphatic rings. The number of rotatable bonds is 1. The van der Waals surface area contributed by atoms with Crippen molar-refractivity contribution in [2.24, 2.45) is 11.8 Å².